The number of hydrogen-bond donors (Lipinski definition) is 1. The molecule has 3 aromatic rings. The van der Waals surface area contributed by atoms with Crippen LogP contribution in [0.2, 0.25) is 0 Å². The van der Waals surface area contributed by atoms with Crippen LogP contribution in [0.5, 0.6) is 0 Å². The van der Waals surface area contributed by atoms with Crippen molar-refractivity contribution in [1.29, 1.82) is 0 Å². The Kier molecular flexibility index (Phi) is 6.13. The Balaban J connectivity index is 1.72. The van der Waals surface area contributed by atoms with Crippen LogP contribution >= 0.6 is 27.9 Å². The lowest BCUT2D eigenvalue weighted by Crippen LogP contribution is -2.13. The number of hydrogen-bond acceptors (Lipinski definition) is 3. The molecule has 138 valence electrons. The molecular formula is C20H15BrF2N2OS. The minimum Gasteiger partial charge on any atom is -0.319 e. The quantitative estimate of drug-likeness (QED) is 0.476. The van der Waals surface area contributed by atoms with Crippen LogP contribution in [0.25, 0.3) is 0 Å². The third kappa shape index (κ3) is 5.08. The fourth-order valence-electron chi connectivity index (χ4n) is 2.34. The number of carbonyl (C=O) groups is 1. The second kappa shape index (κ2) is 8.54. The summed E-state index contributed by atoms with van der Waals surface area (Å²) in [4.78, 5) is 13.3. The summed E-state index contributed by atoms with van der Waals surface area (Å²) in [6, 6.07) is 17.9. The summed E-state index contributed by atoms with van der Waals surface area (Å²) in [5.41, 5.74) is 1.32. The summed E-state index contributed by atoms with van der Waals surface area (Å²) in [6.45, 7) is 0. The SMILES string of the molecule is CN(Sc1cccc(C(=O)Nc2ccc(F)cc2F)c1)c1ccc(Br)cc1. The second-order valence-electron chi connectivity index (χ2n) is 5.67. The molecule has 0 aromatic heterocycles. The molecule has 3 nitrogen and oxygen atoms in total. The van der Waals surface area contributed by atoms with Gasteiger partial charge >= 0.3 is 0 Å². The van der Waals surface area contributed by atoms with Crippen LogP contribution in [-0.4, -0.2) is 13.0 Å². The summed E-state index contributed by atoms with van der Waals surface area (Å²) < 4.78 is 29.7. The van der Waals surface area contributed by atoms with E-state index in [1.807, 2.05) is 41.7 Å². The molecule has 0 aliphatic carbocycles. The van der Waals surface area contributed by atoms with E-state index in [-0.39, 0.29) is 5.69 Å². The molecule has 0 atom stereocenters. The maximum Gasteiger partial charge on any atom is 0.255 e. The summed E-state index contributed by atoms with van der Waals surface area (Å²) >= 11 is 4.87. The van der Waals surface area contributed by atoms with Gasteiger partial charge in [-0.15, -0.1) is 0 Å². The molecule has 0 radical (unpaired) electrons. The monoisotopic (exact) mass is 448 g/mol. The summed E-state index contributed by atoms with van der Waals surface area (Å²) in [6.07, 6.45) is 0. The van der Waals surface area contributed by atoms with Crippen LogP contribution in [0.1, 0.15) is 10.4 Å². The zero-order valence-corrected chi connectivity index (χ0v) is 16.7. The molecule has 3 aromatic carbocycles. The molecule has 1 N–H and O–H groups in total. The van der Waals surface area contributed by atoms with Crippen LogP contribution in [0, 0.1) is 11.6 Å². The average molecular weight is 449 g/mol. The molecule has 1 amide bonds. The Labute approximate surface area is 168 Å². The summed E-state index contributed by atoms with van der Waals surface area (Å²) in [7, 11) is 1.93. The average Bonchev–Trinajstić information content (AvgIpc) is 2.64. The molecule has 0 saturated heterocycles. The molecule has 27 heavy (non-hydrogen) atoms. The molecule has 7 heteroatoms. The molecular weight excluding hydrogens is 434 g/mol. The van der Waals surface area contributed by atoms with Gasteiger partial charge in [-0.25, -0.2) is 8.78 Å². The summed E-state index contributed by atoms with van der Waals surface area (Å²) in [5, 5.41) is 2.46. The number of benzene rings is 3. The van der Waals surface area contributed by atoms with E-state index < -0.39 is 17.5 Å². The molecule has 0 saturated carbocycles. The highest BCUT2D eigenvalue weighted by Gasteiger charge is 2.12. The van der Waals surface area contributed by atoms with Gasteiger partial charge in [-0.2, -0.15) is 0 Å². The minimum absolute atomic E-state index is 0.0635. The number of carbonyl (C=O) groups excluding carboxylic acids is 1. The zero-order valence-electron chi connectivity index (χ0n) is 14.2. The molecule has 0 fully saturated rings. The van der Waals surface area contributed by atoms with Gasteiger partial charge in [-0.3, -0.25) is 4.79 Å². The number of rotatable bonds is 5. The van der Waals surface area contributed by atoms with E-state index in [1.54, 1.807) is 18.2 Å². The van der Waals surface area contributed by atoms with Crippen LogP contribution in [0.15, 0.2) is 76.1 Å². The van der Waals surface area contributed by atoms with Crippen LogP contribution in [0.3, 0.4) is 0 Å². The van der Waals surface area contributed by atoms with Crippen molar-refractivity contribution in [2.75, 3.05) is 16.7 Å². The van der Waals surface area contributed by atoms with Gasteiger partial charge in [-0.05, 0) is 66.5 Å². The van der Waals surface area contributed by atoms with Gasteiger partial charge in [0.1, 0.15) is 11.6 Å². The number of halogens is 3. The first kappa shape index (κ1) is 19.4. The molecule has 0 spiro atoms. The van der Waals surface area contributed by atoms with E-state index in [0.29, 0.717) is 5.56 Å². The van der Waals surface area contributed by atoms with Crippen molar-refractivity contribution >= 4 is 45.2 Å². The maximum atomic E-state index is 13.7. The Bertz CT molecular complexity index is 966. The highest BCUT2D eigenvalue weighted by molar-refractivity contribution is 9.10. The van der Waals surface area contributed by atoms with Crippen molar-refractivity contribution in [1.82, 2.24) is 0 Å². The minimum atomic E-state index is -0.816. The molecule has 3 rings (SSSR count). The Morgan fingerprint density at radius 1 is 1.04 bits per heavy atom. The molecule has 0 aliphatic heterocycles. The van der Waals surface area contributed by atoms with Crippen molar-refractivity contribution < 1.29 is 13.6 Å². The van der Waals surface area contributed by atoms with E-state index in [1.165, 1.54) is 18.0 Å². The predicted molar refractivity (Wildman–Crippen MR) is 109 cm³/mol. The second-order valence-corrected chi connectivity index (χ2v) is 7.79. The zero-order chi connectivity index (χ0) is 19.4. The maximum absolute atomic E-state index is 13.7. The Morgan fingerprint density at radius 2 is 1.78 bits per heavy atom. The Hall–Kier alpha value is -2.38. The van der Waals surface area contributed by atoms with Gasteiger partial charge < -0.3 is 9.62 Å². The van der Waals surface area contributed by atoms with Gasteiger partial charge in [0.15, 0.2) is 0 Å². The number of nitrogens with one attached hydrogen (secondary N) is 1. The van der Waals surface area contributed by atoms with Crippen molar-refractivity contribution in [3.8, 4) is 0 Å². The van der Waals surface area contributed by atoms with Crippen LogP contribution in [0.4, 0.5) is 20.2 Å². The van der Waals surface area contributed by atoms with Crippen LogP contribution < -0.4 is 9.62 Å². The predicted octanol–water partition coefficient (Wildman–Crippen LogP) is 6.12. The fourth-order valence-corrected chi connectivity index (χ4v) is 3.47. The van der Waals surface area contributed by atoms with E-state index in [2.05, 4.69) is 21.2 Å². The van der Waals surface area contributed by atoms with Crippen molar-refractivity contribution in [2.24, 2.45) is 0 Å². The molecule has 0 heterocycles. The van der Waals surface area contributed by atoms with E-state index in [0.717, 1.165) is 27.2 Å². The highest BCUT2D eigenvalue weighted by Crippen LogP contribution is 2.29. The standard InChI is InChI=1S/C20H15BrF2N2OS/c1-25(16-8-5-14(21)6-9-16)27-17-4-2-3-13(11-17)20(26)24-19-10-7-15(22)12-18(19)23/h2-12H,1H3,(H,24,26). The normalized spacial score (nSPS) is 10.5. The van der Waals surface area contributed by atoms with E-state index >= 15 is 0 Å². The van der Waals surface area contributed by atoms with E-state index in [9.17, 15) is 13.6 Å². The molecule has 0 bridgehead atoms. The summed E-state index contributed by atoms with van der Waals surface area (Å²) in [5.74, 6) is -1.97. The molecule has 0 aliphatic rings. The fraction of sp³-hybridized carbons (Fsp3) is 0.0500. The van der Waals surface area contributed by atoms with E-state index in [4.69, 9.17) is 0 Å². The van der Waals surface area contributed by atoms with Gasteiger partial charge in [0, 0.05) is 33.7 Å². The molecule has 0 unspecified atom stereocenters. The lowest BCUT2D eigenvalue weighted by atomic mass is 10.2. The van der Waals surface area contributed by atoms with Crippen molar-refractivity contribution in [3.63, 3.8) is 0 Å². The first-order chi connectivity index (χ1) is 12.9. The number of anilines is 2. The third-order valence-electron chi connectivity index (χ3n) is 3.71. The van der Waals surface area contributed by atoms with Crippen LogP contribution in [-0.2, 0) is 0 Å². The number of amides is 1. The topological polar surface area (TPSA) is 32.3 Å². The van der Waals surface area contributed by atoms with Gasteiger partial charge in [0.05, 0.1) is 5.69 Å². The smallest absolute Gasteiger partial charge is 0.255 e. The van der Waals surface area contributed by atoms with Gasteiger partial charge in [0.2, 0.25) is 0 Å². The van der Waals surface area contributed by atoms with Gasteiger partial charge in [0.25, 0.3) is 5.91 Å². The van der Waals surface area contributed by atoms with Crippen molar-refractivity contribution in [3.05, 3.63) is 88.4 Å². The van der Waals surface area contributed by atoms with Gasteiger partial charge in [-0.1, -0.05) is 22.0 Å². The third-order valence-corrected chi connectivity index (χ3v) is 5.19. The Morgan fingerprint density at radius 3 is 2.48 bits per heavy atom. The highest BCUT2D eigenvalue weighted by atomic mass is 79.9. The largest absolute Gasteiger partial charge is 0.319 e. The lowest BCUT2D eigenvalue weighted by Gasteiger charge is -2.18. The first-order valence-corrected chi connectivity index (χ1v) is 9.53. The first-order valence-electron chi connectivity index (χ1n) is 7.96. The van der Waals surface area contributed by atoms with Crippen molar-refractivity contribution in [2.45, 2.75) is 4.90 Å². The lowest BCUT2D eigenvalue weighted by molar-refractivity contribution is 0.102. The number of nitrogens with zero attached hydrogens (tertiary/aromatic N) is 1.